The number of rotatable bonds is 3. The lowest BCUT2D eigenvalue weighted by atomic mass is 9.97. The van der Waals surface area contributed by atoms with Gasteiger partial charge < -0.3 is 10.2 Å². The number of piperazine rings is 1. The Balaban J connectivity index is 2.12. The van der Waals surface area contributed by atoms with Gasteiger partial charge in [0.2, 0.25) is 0 Å². The minimum atomic E-state index is 0.543. The molecule has 4 heteroatoms. The van der Waals surface area contributed by atoms with Crippen LogP contribution in [0.4, 0.5) is 5.69 Å². The Morgan fingerprint density at radius 1 is 1.33 bits per heavy atom. The fraction of sp³-hybridized carbons (Fsp3) is 0.571. The molecule has 0 radical (unpaired) electrons. The molecule has 1 aromatic carbocycles. The van der Waals surface area contributed by atoms with Crippen molar-refractivity contribution in [3.63, 3.8) is 0 Å². The molecular formula is C14H20Cl2N2. The van der Waals surface area contributed by atoms with Gasteiger partial charge in [-0.15, -0.1) is 0 Å². The molecule has 1 saturated heterocycles. The molecule has 1 heterocycles. The number of hydrogen-bond donors (Lipinski definition) is 1. The van der Waals surface area contributed by atoms with E-state index in [9.17, 15) is 0 Å². The van der Waals surface area contributed by atoms with Crippen molar-refractivity contribution in [2.45, 2.75) is 26.3 Å². The lowest BCUT2D eigenvalue weighted by molar-refractivity contribution is 0.342. The van der Waals surface area contributed by atoms with Gasteiger partial charge >= 0.3 is 0 Å². The zero-order valence-corrected chi connectivity index (χ0v) is 12.4. The van der Waals surface area contributed by atoms with Crippen LogP contribution in [0.15, 0.2) is 18.2 Å². The van der Waals surface area contributed by atoms with Crippen molar-refractivity contribution in [2.75, 3.05) is 24.5 Å². The van der Waals surface area contributed by atoms with Crippen LogP contribution >= 0.6 is 23.2 Å². The number of nitrogens with zero attached hydrogens (tertiary/aromatic N) is 1. The van der Waals surface area contributed by atoms with Crippen molar-refractivity contribution in [3.8, 4) is 0 Å². The fourth-order valence-corrected chi connectivity index (χ4v) is 2.91. The van der Waals surface area contributed by atoms with Gasteiger partial charge in [-0.25, -0.2) is 0 Å². The first kappa shape index (κ1) is 14.0. The third-order valence-corrected chi connectivity index (χ3v) is 4.19. The third-order valence-electron chi connectivity index (χ3n) is 3.75. The number of hydrogen-bond acceptors (Lipinski definition) is 2. The lowest BCUT2D eigenvalue weighted by Gasteiger charge is -2.38. The van der Waals surface area contributed by atoms with Crippen LogP contribution < -0.4 is 10.2 Å². The van der Waals surface area contributed by atoms with Crippen molar-refractivity contribution in [1.29, 1.82) is 0 Å². The molecule has 1 aromatic rings. The Morgan fingerprint density at radius 2 is 2.00 bits per heavy atom. The van der Waals surface area contributed by atoms with Gasteiger partial charge in [-0.05, 0) is 24.1 Å². The smallest absolute Gasteiger partial charge is 0.0441 e. The summed E-state index contributed by atoms with van der Waals surface area (Å²) < 4.78 is 0. The fourth-order valence-electron chi connectivity index (χ4n) is 2.40. The summed E-state index contributed by atoms with van der Waals surface area (Å²) in [6, 6.07) is 6.31. The maximum atomic E-state index is 6.07. The molecule has 0 saturated carbocycles. The number of benzene rings is 1. The summed E-state index contributed by atoms with van der Waals surface area (Å²) in [6.07, 6.45) is 1.20. The Labute approximate surface area is 119 Å². The van der Waals surface area contributed by atoms with Crippen LogP contribution in [0.25, 0.3) is 0 Å². The molecular weight excluding hydrogens is 267 g/mol. The molecule has 100 valence electrons. The van der Waals surface area contributed by atoms with E-state index >= 15 is 0 Å². The van der Waals surface area contributed by atoms with Crippen LogP contribution in [-0.4, -0.2) is 25.7 Å². The maximum Gasteiger partial charge on any atom is 0.0441 e. The molecule has 1 aliphatic heterocycles. The van der Waals surface area contributed by atoms with Crippen molar-refractivity contribution in [2.24, 2.45) is 5.92 Å². The molecule has 0 aliphatic carbocycles. The van der Waals surface area contributed by atoms with Crippen LogP contribution in [0, 0.1) is 5.92 Å². The molecule has 18 heavy (non-hydrogen) atoms. The number of anilines is 1. The average Bonchev–Trinajstić information content (AvgIpc) is 2.37. The van der Waals surface area contributed by atoms with Gasteiger partial charge in [0, 0.05) is 41.4 Å². The summed E-state index contributed by atoms with van der Waals surface area (Å²) in [6.45, 7) is 7.57. The van der Waals surface area contributed by atoms with E-state index in [4.69, 9.17) is 23.2 Å². The summed E-state index contributed by atoms with van der Waals surface area (Å²) in [5, 5.41) is 5.00. The van der Waals surface area contributed by atoms with E-state index < -0.39 is 0 Å². The first-order valence-corrected chi connectivity index (χ1v) is 7.30. The van der Waals surface area contributed by atoms with Crippen LogP contribution in [0.1, 0.15) is 20.3 Å². The normalized spacial score (nSPS) is 22.0. The van der Waals surface area contributed by atoms with E-state index in [2.05, 4.69) is 24.1 Å². The van der Waals surface area contributed by atoms with E-state index in [1.807, 2.05) is 12.1 Å². The first-order chi connectivity index (χ1) is 8.60. The van der Waals surface area contributed by atoms with Gasteiger partial charge in [-0.3, -0.25) is 0 Å². The SMILES string of the molecule is CCC(C)C1CN(c2cc(Cl)cc(Cl)c2)CCN1. The third kappa shape index (κ3) is 3.31. The van der Waals surface area contributed by atoms with E-state index in [-0.39, 0.29) is 0 Å². The summed E-state index contributed by atoms with van der Waals surface area (Å²) >= 11 is 12.1. The lowest BCUT2D eigenvalue weighted by Crippen LogP contribution is -2.53. The van der Waals surface area contributed by atoms with Gasteiger partial charge in [0.05, 0.1) is 0 Å². The van der Waals surface area contributed by atoms with Gasteiger partial charge in [0.1, 0.15) is 0 Å². The first-order valence-electron chi connectivity index (χ1n) is 6.54. The van der Waals surface area contributed by atoms with Gasteiger partial charge in [-0.1, -0.05) is 43.5 Å². The van der Waals surface area contributed by atoms with E-state index in [0.717, 1.165) is 25.3 Å². The van der Waals surface area contributed by atoms with E-state index in [0.29, 0.717) is 22.0 Å². The molecule has 1 aliphatic rings. The molecule has 0 aromatic heterocycles. The van der Waals surface area contributed by atoms with E-state index in [1.54, 1.807) is 6.07 Å². The molecule has 2 atom stereocenters. The molecule has 0 spiro atoms. The maximum absolute atomic E-state index is 6.07. The topological polar surface area (TPSA) is 15.3 Å². The minimum absolute atomic E-state index is 0.543. The highest BCUT2D eigenvalue weighted by Gasteiger charge is 2.23. The van der Waals surface area contributed by atoms with Crippen molar-refractivity contribution >= 4 is 28.9 Å². The second kappa shape index (κ2) is 6.14. The highest BCUT2D eigenvalue weighted by molar-refractivity contribution is 6.35. The van der Waals surface area contributed by atoms with Crippen molar-refractivity contribution < 1.29 is 0 Å². The predicted molar refractivity (Wildman–Crippen MR) is 79.9 cm³/mol. The Kier molecular flexibility index (Phi) is 4.77. The number of nitrogens with one attached hydrogen (secondary N) is 1. The Hall–Kier alpha value is -0.440. The van der Waals surface area contributed by atoms with Gasteiger partial charge in [-0.2, -0.15) is 0 Å². The second-order valence-corrected chi connectivity index (χ2v) is 5.89. The molecule has 0 bridgehead atoms. The largest absolute Gasteiger partial charge is 0.369 e. The minimum Gasteiger partial charge on any atom is -0.369 e. The highest BCUT2D eigenvalue weighted by atomic mass is 35.5. The van der Waals surface area contributed by atoms with Crippen molar-refractivity contribution in [1.82, 2.24) is 5.32 Å². The van der Waals surface area contributed by atoms with Crippen molar-refractivity contribution in [3.05, 3.63) is 28.2 Å². The molecule has 2 rings (SSSR count). The van der Waals surface area contributed by atoms with Gasteiger partial charge in [0.25, 0.3) is 0 Å². The molecule has 2 nitrogen and oxygen atoms in total. The monoisotopic (exact) mass is 286 g/mol. The zero-order valence-electron chi connectivity index (χ0n) is 10.9. The molecule has 1 fully saturated rings. The second-order valence-electron chi connectivity index (χ2n) is 5.02. The zero-order chi connectivity index (χ0) is 13.1. The van der Waals surface area contributed by atoms with E-state index in [1.165, 1.54) is 6.42 Å². The average molecular weight is 287 g/mol. The van der Waals surface area contributed by atoms with Crippen LogP contribution in [0.3, 0.4) is 0 Å². The standard InChI is InChI=1S/C14H20Cl2N2/c1-3-10(2)14-9-18(5-4-17-14)13-7-11(15)6-12(16)8-13/h6-8,10,14,17H,3-5,9H2,1-2H3. The molecule has 2 unspecified atom stereocenters. The molecule has 0 amide bonds. The summed E-state index contributed by atoms with van der Waals surface area (Å²) in [5.74, 6) is 0.683. The van der Waals surface area contributed by atoms with Gasteiger partial charge in [0.15, 0.2) is 0 Å². The highest BCUT2D eigenvalue weighted by Crippen LogP contribution is 2.27. The van der Waals surface area contributed by atoms with Crippen LogP contribution in [-0.2, 0) is 0 Å². The number of halogens is 2. The molecule has 1 N–H and O–H groups in total. The van der Waals surface area contributed by atoms with Crippen LogP contribution in [0.5, 0.6) is 0 Å². The summed E-state index contributed by atoms with van der Waals surface area (Å²) in [7, 11) is 0. The summed E-state index contributed by atoms with van der Waals surface area (Å²) in [5.41, 5.74) is 1.13. The Morgan fingerprint density at radius 3 is 2.61 bits per heavy atom. The summed E-state index contributed by atoms with van der Waals surface area (Å²) in [4.78, 5) is 2.37. The quantitative estimate of drug-likeness (QED) is 0.909. The Bertz CT molecular complexity index is 389. The van der Waals surface area contributed by atoms with Crippen LogP contribution in [0.2, 0.25) is 10.0 Å². The predicted octanol–water partition coefficient (Wildman–Crippen LogP) is 3.82.